The number of epoxide rings is 1. The van der Waals surface area contributed by atoms with Crippen LogP contribution in [0, 0.1) is 11.3 Å². The maximum atomic E-state index is 11.6. The van der Waals surface area contributed by atoms with Crippen LogP contribution in [0.3, 0.4) is 0 Å². The first kappa shape index (κ1) is 11.5. The molecule has 0 N–H and O–H groups in total. The molecular weight excluding hydrogens is 204 g/mol. The predicted octanol–water partition coefficient (Wildman–Crippen LogP) is 1.91. The summed E-state index contributed by atoms with van der Waals surface area (Å²) in [5.74, 6) is 0.486. The van der Waals surface area contributed by atoms with E-state index in [4.69, 9.17) is 4.74 Å². The van der Waals surface area contributed by atoms with Crippen LogP contribution in [0.1, 0.15) is 33.6 Å². The Hall–Kier alpha value is -0.960. The molecule has 1 saturated carbocycles. The van der Waals surface area contributed by atoms with E-state index < -0.39 is 0 Å². The molecule has 3 heteroatoms. The van der Waals surface area contributed by atoms with Crippen molar-refractivity contribution in [1.82, 2.24) is 0 Å². The molecule has 2 atom stereocenters. The molecule has 16 heavy (non-hydrogen) atoms. The number of ketones is 2. The van der Waals surface area contributed by atoms with E-state index in [0.29, 0.717) is 19.4 Å². The van der Waals surface area contributed by atoms with Crippen molar-refractivity contribution in [1.29, 1.82) is 0 Å². The topological polar surface area (TPSA) is 46.7 Å². The van der Waals surface area contributed by atoms with Crippen LogP contribution in [0.15, 0.2) is 12.2 Å². The first-order valence-corrected chi connectivity index (χ1v) is 5.70. The largest absolute Gasteiger partial charge is 0.368 e. The smallest absolute Gasteiger partial charge is 0.152 e. The summed E-state index contributed by atoms with van der Waals surface area (Å²) < 4.78 is 5.50. The third kappa shape index (κ3) is 1.96. The molecule has 0 radical (unpaired) electrons. The number of hydrogen-bond acceptors (Lipinski definition) is 3. The summed E-state index contributed by atoms with van der Waals surface area (Å²) in [7, 11) is 0. The van der Waals surface area contributed by atoms with E-state index in [1.165, 1.54) is 6.92 Å². The summed E-state index contributed by atoms with van der Waals surface area (Å²) >= 11 is 0. The van der Waals surface area contributed by atoms with Crippen molar-refractivity contribution in [3.63, 3.8) is 0 Å². The van der Waals surface area contributed by atoms with Gasteiger partial charge in [-0.2, -0.15) is 0 Å². The quantitative estimate of drug-likeness (QED) is 0.529. The van der Waals surface area contributed by atoms with Gasteiger partial charge in [0.1, 0.15) is 11.4 Å². The van der Waals surface area contributed by atoms with E-state index in [-0.39, 0.29) is 28.5 Å². The van der Waals surface area contributed by atoms with Gasteiger partial charge >= 0.3 is 0 Å². The maximum Gasteiger partial charge on any atom is 0.152 e. The van der Waals surface area contributed by atoms with E-state index in [1.807, 2.05) is 6.08 Å². The van der Waals surface area contributed by atoms with Gasteiger partial charge in [0, 0.05) is 18.8 Å². The van der Waals surface area contributed by atoms with Gasteiger partial charge in [0.05, 0.1) is 6.61 Å². The number of carbonyl (C=O) groups excluding carboxylic acids is 2. The summed E-state index contributed by atoms with van der Waals surface area (Å²) in [6, 6.07) is 0. The van der Waals surface area contributed by atoms with Crippen LogP contribution < -0.4 is 0 Å². The highest BCUT2D eigenvalue weighted by Crippen LogP contribution is 2.53. The average Bonchev–Trinajstić information content (AvgIpc) is 2.80. The summed E-state index contributed by atoms with van der Waals surface area (Å²) in [5.41, 5.74) is -0.414. The summed E-state index contributed by atoms with van der Waals surface area (Å²) in [5, 5.41) is 0. The average molecular weight is 222 g/mol. The van der Waals surface area contributed by atoms with Crippen molar-refractivity contribution in [2.24, 2.45) is 11.3 Å². The minimum Gasteiger partial charge on any atom is -0.368 e. The van der Waals surface area contributed by atoms with Gasteiger partial charge in [-0.25, -0.2) is 0 Å². The first-order valence-electron chi connectivity index (χ1n) is 5.70. The lowest BCUT2D eigenvalue weighted by atomic mass is 9.63. The number of hydrogen-bond donors (Lipinski definition) is 0. The lowest BCUT2D eigenvalue weighted by molar-refractivity contribution is -0.127. The van der Waals surface area contributed by atoms with Gasteiger partial charge in [0.15, 0.2) is 5.78 Å². The highest BCUT2D eigenvalue weighted by Gasteiger charge is 2.59. The normalized spacial score (nSPS) is 36.9. The van der Waals surface area contributed by atoms with Gasteiger partial charge in [0.2, 0.25) is 0 Å². The Bertz CT molecular complexity index is 351. The van der Waals surface area contributed by atoms with E-state index in [1.54, 1.807) is 6.08 Å². The zero-order chi connectivity index (χ0) is 12.0. The molecule has 88 valence electrons. The minimum atomic E-state index is -0.301. The number of rotatable bonds is 2. The molecule has 1 aliphatic heterocycles. The lowest BCUT2D eigenvalue weighted by Gasteiger charge is -2.40. The van der Waals surface area contributed by atoms with Crippen molar-refractivity contribution in [2.75, 3.05) is 6.61 Å². The first-order chi connectivity index (χ1) is 7.36. The second kappa shape index (κ2) is 3.52. The Labute approximate surface area is 95.9 Å². The summed E-state index contributed by atoms with van der Waals surface area (Å²) in [6.45, 7) is 6.33. The molecule has 1 saturated heterocycles. The second-order valence-corrected chi connectivity index (χ2v) is 5.68. The molecule has 0 aromatic rings. The number of allylic oxidation sites excluding steroid dienone is 1. The molecule has 0 aromatic carbocycles. The zero-order valence-electron chi connectivity index (χ0n) is 10.1. The highest BCUT2D eigenvalue weighted by atomic mass is 16.6. The molecule has 1 heterocycles. The Balaban J connectivity index is 2.25. The fraction of sp³-hybridized carbons (Fsp3) is 0.692. The predicted molar refractivity (Wildman–Crippen MR) is 60.0 cm³/mol. The van der Waals surface area contributed by atoms with Gasteiger partial charge in [-0.1, -0.05) is 19.9 Å². The molecule has 2 unspecified atom stereocenters. The van der Waals surface area contributed by atoms with Crippen molar-refractivity contribution >= 4 is 11.6 Å². The van der Waals surface area contributed by atoms with Crippen LogP contribution in [0.2, 0.25) is 0 Å². The number of ether oxygens (including phenoxy) is 1. The molecular formula is C13H18O3. The lowest BCUT2D eigenvalue weighted by Crippen LogP contribution is -2.43. The molecule has 1 spiro atoms. The van der Waals surface area contributed by atoms with Crippen LogP contribution in [-0.2, 0) is 14.3 Å². The van der Waals surface area contributed by atoms with Crippen molar-refractivity contribution < 1.29 is 14.3 Å². The van der Waals surface area contributed by atoms with Crippen LogP contribution in [0.4, 0.5) is 0 Å². The van der Waals surface area contributed by atoms with Crippen molar-refractivity contribution in [3.05, 3.63) is 12.2 Å². The van der Waals surface area contributed by atoms with Crippen molar-refractivity contribution in [3.8, 4) is 0 Å². The van der Waals surface area contributed by atoms with Crippen molar-refractivity contribution in [2.45, 2.75) is 39.2 Å². The maximum absolute atomic E-state index is 11.6. The monoisotopic (exact) mass is 222 g/mol. The van der Waals surface area contributed by atoms with Crippen LogP contribution >= 0.6 is 0 Å². The highest BCUT2D eigenvalue weighted by molar-refractivity contribution is 5.87. The SMILES string of the molecule is CC(=O)C=CC1C(C)(C)CC(=O)CC12CO2. The molecule has 0 amide bonds. The van der Waals surface area contributed by atoms with E-state index in [2.05, 4.69) is 13.8 Å². The standard InChI is InChI=1S/C13H18O3/c1-9(14)4-5-11-12(2,3)6-10(15)7-13(11)8-16-13/h4-5,11H,6-8H2,1-3H3. The van der Waals surface area contributed by atoms with Gasteiger partial charge in [0.25, 0.3) is 0 Å². The Morgan fingerprint density at radius 2 is 2.06 bits per heavy atom. The molecule has 2 fully saturated rings. The second-order valence-electron chi connectivity index (χ2n) is 5.68. The zero-order valence-corrected chi connectivity index (χ0v) is 10.1. The Morgan fingerprint density at radius 3 is 2.56 bits per heavy atom. The minimum absolute atomic E-state index is 0.0449. The fourth-order valence-corrected chi connectivity index (χ4v) is 2.88. The molecule has 1 aliphatic carbocycles. The summed E-state index contributed by atoms with van der Waals surface area (Å²) in [6.07, 6.45) is 4.61. The van der Waals surface area contributed by atoms with Gasteiger partial charge in [-0.05, 0) is 18.4 Å². The molecule has 3 nitrogen and oxygen atoms in total. The van der Waals surface area contributed by atoms with Gasteiger partial charge in [-0.15, -0.1) is 0 Å². The Kier molecular flexibility index (Phi) is 2.54. The molecule has 2 rings (SSSR count). The third-order valence-electron chi connectivity index (χ3n) is 3.60. The fourth-order valence-electron chi connectivity index (χ4n) is 2.88. The Morgan fingerprint density at radius 1 is 1.44 bits per heavy atom. The van der Waals surface area contributed by atoms with Crippen LogP contribution in [0.5, 0.6) is 0 Å². The third-order valence-corrected chi connectivity index (χ3v) is 3.60. The van der Waals surface area contributed by atoms with Crippen LogP contribution in [-0.4, -0.2) is 23.8 Å². The van der Waals surface area contributed by atoms with E-state index in [0.717, 1.165) is 0 Å². The van der Waals surface area contributed by atoms with Gasteiger partial charge < -0.3 is 4.74 Å². The van der Waals surface area contributed by atoms with E-state index in [9.17, 15) is 9.59 Å². The number of Topliss-reactive ketones (excluding diaryl/α,β-unsaturated/α-hetero) is 1. The summed E-state index contributed by atoms with van der Waals surface area (Å²) in [4.78, 5) is 22.6. The molecule has 0 bridgehead atoms. The van der Waals surface area contributed by atoms with Gasteiger partial charge in [-0.3, -0.25) is 9.59 Å². The van der Waals surface area contributed by atoms with Crippen LogP contribution in [0.25, 0.3) is 0 Å². The molecule has 2 aliphatic rings. The molecule has 0 aromatic heterocycles. The van der Waals surface area contributed by atoms with E-state index >= 15 is 0 Å². The number of carbonyl (C=O) groups is 2.